The Balaban J connectivity index is 1.61. The standard InChI is InChI=1S/C18H14BrFN4O3/c1-9-5-18(9)13-4-10(19)2-3-12(13)15(26)24(16(18)27)8-14(25)23-17-21-6-11(20)7-22-17/h2-4,6-7,9H,5,8H2,1H3,(H,21,22,23,25)/t9-,18+/m1/s1. The molecule has 138 valence electrons. The molecule has 0 radical (unpaired) electrons. The molecule has 4 rings (SSSR count). The molecule has 2 aromatic rings. The van der Waals surface area contributed by atoms with E-state index in [4.69, 9.17) is 0 Å². The molecule has 7 nitrogen and oxygen atoms in total. The van der Waals surface area contributed by atoms with Gasteiger partial charge in [0.2, 0.25) is 17.8 Å². The summed E-state index contributed by atoms with van der Waals surface area (Å²) in [6.45, 7) is 1.49. The molecule has 2 atom stereocenters. The van der Waals surface area contributed by atoms with Crippen LogP contribution in [-0.2, 0) is 15.0 Å². The Bertz CT molecular complexity index is 981. The summed E-state index contributed by atoms with van der Waals surface area (Å²) in [6, 6.07) is 5.20. The van der Waals surface area contributed by atoms with E-state index in [1.54, 1.807) is 18.2 Å². The number of carbonyl (C=O) groups excluding carboxylic acids is 3. The van der Waals surface area contributed by atoms with Crippen LogP contribution in [-0.4, -0.2) is 39.1 Å². The predicted molar refractivity (Wildman–Crippen MR) is 96.3 cm³/mol. The molecule has 1 spiro atoms. The summed E-state index contributed by atoms with van der Waals surface area (Å²) < 4.78 is 13.7. The monoisotopic (exact) mass is 432 g/mol. The molecule has 1 aliphatic heterocycles. The van der Waals surface area contributed by atoms with Crippen molar-refractivity contribution in [2.24, 2.45) is 5.92 Å². The Morgan fingerprint density at radius 2 is 2.04 bits per heavy atom. The van der Waals surface area contributed by atoms with Crippen molar-refractivity contribution in [3.05, 3.63) is 52.0 Å². The highest BCUT2D eigenvalue weighted by atomic mass is 79.9. The molecule has 1 aliphatic carbocycles. The van der Waals surface area contributed by atoms with E-state index in [1.807, 2.05) is 6.92 Å². The van der Waals surface area contributed by atoms with Gasteiger partial charge < -0.3 is 0 Å². The zero-order chi connectivity index (χ0) is 19.3. The predicted octanol–water partition coefficient (Wildman–Crippen LogP) is 2.28. The van der Waals surface area contributed by atoms with E-state index in [2.05, 4.69) is 31.2 Å². The number of rotatable bonds is 3. The van der Waals surface area contributed by atoms with Crippen molar-refractivity contribution < 1.29 is 18.8 Å². The average molecular weight is 433 g/mol. The fraction of sp³-hybridized carbons (Fsp3) is 0.278. The summed E-state index contributed by atoms with van der Waals surface area (Å²) >= 11 is 3.39. The van der Waals surface area contributed by atoms with Crippen LogP contribution in [0.15, 0.2) is 35.1 Å². The van der Waals surface area contributed by atoms with Gasteiger partial charge in [-0.3, -0.25) is 24.6 Å². The summed E-state index contributed by atoms with van der Waals surface area (Å²) in [4.78, 5) is 46.4. The van der Waals surface area contributed by atoms with Crippen LogP contribution in [0, 0.1) is 11.7 Å². The van der Waals surface area contributed by atoms with Crippen molar-refractivity contribution in [1.82, 2.24) is 14.9 Å². The first-order valence-corrected chi connectivity index (χ1v) is 9.06. The normalized spacial score (nSPS) is 23.4. The van der Waals surface area contributed by atoms with Crippen molar-refractivity contribution in [2.45, 2.75) is 18.8 Å². The number of imide groups is 1. The van der Waals surface area contributed by atoms with E-state index in [0.717, 1.165) is 21.8 Å². The molecule has 0 saturated heterocycles. The molecule has 0 bridgehead atoms. The van der Waals surface area contributed by atoms with Gasteiger partial charge in [-0.1, -0.05) is 22.9 Å². The lowest BCUT2D eigenvalue weighted by Crippen LogP contribution is -2.51. The summed E-state index contributed by atoms with van der Waals surface area (Å²) in [5.41, 5.74) is 0.366. The van der Waals surface area contributed by atoms with E-state index in [1.165, 1.54) is 0 Å². The lowest BCUT2D eigenvalue weighted by Gasteiger charge is -2.33. The second-order valence-electron chi connectivity index (χ2n) is 6.74. The zero-order valence-electron chi connectivity index (χ0n) is 14.2. The fourth-order valence-corrected chi connectivity index (χ4v) is 3.95. The van der Waals surface area contributed by atoms with Crippen LogP contribution in [0.25, 0.3) is 0 Å². The van der Waals surface area contributed by atoms with Gasteiger partial charge in [0.25, 0.3) is 5.91 Å². The second-order valence-corrected chi connectivity index (χ2v) is 7.65. The molecule has 1 N–H and O–H groups in total. The van der Waals surface area contributed by atoms with Gasteiger partial charge in [0.05, 0.1) is 17.8 Å². The summed E-state index contributed by atoms with van der Waals surface area (Å²) in [7, 11) is 0. The van der Waals surface area contributed by atoms with Crippen LogP contribution in [0.1, 0.15) is 29.3 Å². The van der Waals surface area contributed by atoms with Gasteiger partial charge in [-0.15, -0.1) is 0 Å². The number of hydrogen-bond acceptors (Lipinski definition) is 5. The summed E-state index contributed by atoms with van der Waals surface area (Å²) in [6.07, 6.45) is 2.45. The van der Waals surface area contributed by atoms with Crippen LogP contribution in [0.5, 0.6) is 0 Å². The SMILES string of the molecule is C[C@@H]1C[C@]12C(=O)N(CC(=O)Nc1ncc(F)cn1)C(=O)c1ccc(Br)cc12. The lowest BCUT2D eigenvalue weighted by atomic mass is 9.84. The molecule has 3 amide bonds. The lowest BCUT2D eigenvalue weighted by molar-refractivity contribution is -0.135. The van der Waals surface area contributed by atoms with Crippen LogP contribution in [0.2, 0.25) is 0 Å². The third-order valence-corrected chi connectivity index (χ3v) is 5.54. The van der Waals surface area contributed by atoms with Gasteiger partial charge in [-0.05, 0) is 36.1 Å². The molecular weight excluding hydrogens is 419 g/mol. The van der Waals surface area contributed by atoms with Crippen LogP contribution >= 0.6 is 15.9 Å². The molecule has 1 aromatic carbocycles. The Kier molecular flexibility index (Phi) is 4.06. The molecule has 1 fully saturated rings. The van der Waals surface area contributed by atoms with Gasteiger partial charge >= 0.3 is 0 Å². The van der Waals surface area contributed by atoms with Crippen LogP contribution in [0.4, 0.5) is 10.3 Å². The second kappa shape index (κ2) is 6.19. The number of nitrogens with zero attached hydrogens (tertiary/aromatic N) is 3. The van der Waals surface area contributed by atoms with Crippen LogP contribution < -0.4 is 5.32 Å². The number of anilines is 1. The third-order valence-electron chi connectivity index (χ3n) is 5.05. The maximum absolute atomic E-state index is 13.1. The highest BCUT2D eigenvalue weighted by molar-refractivity contribution is 9.10. The minimum atomic E-state index is -0.764. The summed E-state index contributed by atoms with van der Waals surface area (Å²) in [5, 5.41) is 2.37. The first-order chi connectivity index (χ1) is 12.8. The van der Waals surface area contributed by atoms with Crippen molar-refractivity contribution in [3.63, 3.8) is 0 Å². The number of carbonyl (C=O) groups is 3. The maximum atomic E-state index is 13.1. The number of aromatic nitrogens is 2. The Morgan fingerprint density at radius 3 is 2.67 bits per heavy atom. The number of amides is 3. The molecular formula is C18H14BrFN4O3. The highest BCUT2D eigenvalue weighted by Gasteiger charge is 2.64. The number of hydrogen-bond donors (Lipinski definition) is 1. The molecule has 1 saturated carbocycles. The maximum Gasteiger partial charge on any atom is 0.261 e. The van der Waals surface area contributed by atoms with Crippen molar-refractivity contribution >= 4 is 39.6 Å². The van der Waals surface area contributed by atoms with Gasteiger partial charge in [-0.25, -0.2) is 14.4 Å². The minimum Gasteiger partial charge on any atom is -0.293 e. The topological polar surface area (TPSA) is 92.3 Å². The van der Waals surface area contributed by atoms with E-state index < -0.39 is 29.6 Å². The first-order valence-electron chi connectivity index (χ1n) is 8.26. The number of benzene rings is 1. The van der Waals surface area contributed by atoms with Gasteiger partial charge in [0, 0.05) is 10.0 Å². The van der Waals surface area contributed by atoms with Crippen molar-refractivity contribution in [2.75, 3.05) is 11.9 Å². The smallest absolute Gasteiger partial charge is 0.261 e. The quantitative estimate of drug-likeness (QED) is 0.750. The van der Waals surface area contributed by atoms with E-state index in [9.17, 15) is 18.8 Å². The number of nitrogens with one attached hydrogen (secondary N) is 1. The largest absolute Gasteiger partial charge is 0.293 e. The van der Waals surface area contributed by atoms with Crippen molar-refractivity contribution in [1.29, 1.82) is 0 Å². The molecule has 9 heteroatoms. The third kappa shape index (κ3) is 2.82. The average Bonchev–Trinajstić information content (AvgIpc) is 3.31. The zero-order valence-corrected chi connectivity index (χ0v) is 15.8. The Hall–Kier alpha value is -2.68. The van der Waals surface area contributed by atoms with E-state index in [-0.39, 0.29) is 17.8 Å². The minimum absolute atomic E-state index is 0.0807. The van der Waals surface area contributed by atoms with E-state index in [0.29, 0.717) is 17.5 Å². The van der Waals surface area contributed by atoms with Gasteiger partial charge in [0.1, 0.15) is 6.54 Å². The molecule has 1 aromatic heterocycles. The fourth-order valence-electron chi connectivity index (χ4n) is 3.59. The van der Waals surface area contributed by atoms with Crippen LogP contribution in [0.3, 0.4) is 0 Å². The molecule has 2 aliphatic rings. The van der Waals surface area contributed by atoms with Gasteiger partial charge in [0.15, 0.2) is 5.82 Å². The Morgan fingerprint density at radius 1 is 1.37 bits per heavy atom. The molecule has 27 heavy (non-hydrogen) atoms. The van der Waals surface area contributed by atoms with E-state index >= 15 is 0 Å². The number of halogens is 2. The number of fused-ring (bicyclic) bond motifs is 2. The summed E-state index contributed by atoms with van der Waals surface area (Å²) in [5.74, 6) is -2.17. The van der Waals surface area contributed by atoms with Gasteiger partial charge in [-0.2, -0.15) is 0 Å². The van der Waals surface area contributed by atoms with Crippen molar-refractivity contribution in [3.8, 4) is 0 Å². The Labute approximate surface area is 162 Å². The first kappa shape index (κ1) is 17.7. The highest BCUT2D eigenvalue weighted by Crippen LogP contribution is 2.58. The molecule has 0 unspecified atom stereocenters. The molecule has 2 heterocycles.